The highest BCUT2D eigenvalue weighted by molar-refractivity contribution is 5.31. The molecule has 2 heterocycles. The SMILES string of the molecule is CC(C)Cn1ccnc1NC(C)c1cccnc1. The standard InChI is InChI=1S/C14H20N4/c1-11(2)10-18-8-7-16-14(18)17-12(3)13-5-4-6-15-9-13/h4-9,11-12H,10H2,1-3H3,(H,16,17). The predicted octanol–water partition coefficient (Wildman–Crippen LogP) is 3.11. The fourth-order valence-electron chi connectivity index (χ4n) is 1.90. The van der Waals surface area contributed by atoms with Gasteiger partial charge in [-0.25, -0.2) is 4.98 Å². The lowest BCUT2D eigenvalue weighted by Gasteiger charge is -2.17. The van der Waals surface area contributed by atoms with Crippen molar-refractivity contribution in [1.82, 2.24) is 14.5 Å². The molecule has 2 rings (SSSR count). The number of nitrogens with zero attached hydrogens (tertiary/aromatic N) is 3. The average Bonchev–Trinajstić information content (AvgIpc) is 2.77. The highest BCUT2D eigenvalue weighted by Gasteiger charge is 2.09. The van der Waals surface area contributed by atoms with Crippen LogP contribution in [0.2, 0.25) is 0 Å². The molecule has 2 aromatic heterocycles. The lowest BCUT2D eigenvalue weighted by molar-refractivity contribution is 0.524. The van der Waals surface area contributed by atoms with Crippen LogP contribution in [-0.4, -0.2) is 14.5 Å². The molecule has 0 aliphatic carbocycles. The number of nitrogens with one attached hydrogen (secondary N) is 1. The Morgan fingerprint density at radius 2 is 2.11 bits per heavy atom. The van der Waals surface area contributed by atoms with Gasteiger partial charge in [-0.05, 0) is 24.5 Å². The van der Waals surface area contributed by atoms with Gasteiger partial charge in [0.2, 0.25) is 5.95 Å². The van der Waals surface area contributed by atoms with Gasteiger partial charge in [-0.15, -0.1) is 0 Å². The summed E-state index contributed by atoms with van der Waals surface area (Å²) in [7, 11) is 0. The molecule has 0 amide bonds. The number of rotatable bonds is 5. The quantitative estimate of drug-likeness (QED) is 0.878. The first-order chi connectivity index (χ1) is 8.66. The van der Waals surface area contributed by atoms with E-state index < -0.39 is 0 Å². The summed E-state index contributed by atoms with van der Waals surface area (Å²) < 4.78 is 2.15. The highest BCUT2D eigenvalue weighted by atomic mass is 15.2. The molecule has 0 aliphatic heterocycles. The summed E-state index contributed by atoms with van der Waals surface area (Å²) in [5, 5.41) is 3.42. The number of imidazole rings is 1. The molecule has 2 aromatic rings. The smallest absolute Gasteiger partial charge is 0.203 e. The van der Waals surface area contributed by atoms with E-state index >= 15 is 0 Å². The highest BCUT2D eigenvalue weighted by Crippen LogP contribution is 2.17. The van der Waals surface area contributed by atoms with Gasteiger partial charge in [-0.3, -0.25) is 4.98 Å². The second-order valence-corrected chi connectivity index (χ2v) is 4.95. The summed E-state index contributed by atoms with van der Waals surface area (Å²) in [6, 6.07) is 4.22. The van der Waals surface area contributed by atoms with Crippen molar-refractivity contribution in [3.63, 3.8) is 0 Å². The van der Waals surface area contributed by atoms with Crippen LogP contribution in [0.3, 0.4) is 0 Å². The number of hydrogen-bond acceptors (Lipinski definition) is 3. The molecule has 1 N–H and O–H groups in total. The van der Waals surface area contributed by atoms with Crippen LogP contribution in [0.4, 0.5) is 5.95 Å². The van der Waals surface area contributed by atoms with Crippen LogP contribution in [0.5, 0.6) is 0 Å². The van der Waals surface area contributed by atoms with Gasteiger partial charge < -0.3 is 9.88 Å². The molecule has 0 bridgehead atoms. The molecular weight excluding hydrogens is 224 g/mol. The first-order valence-corrected chi connectivity index (χ1v) is 6.34. The summed E-state index contributed by atoms with van der Waals surface area (Å²) in [6.07, 6.45) is 7.52. The lowest BCUT2D eigenvalue weighted by Crippen LogP contribution is -2.13. The van der Waals surface area contributed by atoms with Crippen molar-refractivity contribution < 1.29 is 0 Å². The summed E-state index contributed by atoms with van der Waals surface area (Å²) >= 11 is 0. The Bertz CT molecular complexity index is 476. The third-order valence-corrected chi connectivity index (χ3v) is 2.81. The van der Waals surface area contributed by atoms with E-state index in [2.05, 4.69) is 46.7 Å². The average molecular weight is 244 g/mol. The Morgan fingerprint density at radius 1 is 1.28 bits per heavy atom. The van der Waals surface area contributed by atoms with Crippen LogP contribution in [-0.2, 0) is 6.54 Å². The summed E-state index contributed by atoms with van der Waals surface area (Å²) in [5.41, 5.74) is 1.16. The third-order valence-electron chi connectivity index (χ3n) is 2.81. The minimum atomic E-state index is 0.201. The van der Waals surface area contributed by atoms with E-state index in [4.69, 9.17) is 0 Å². The second kappa shape index (κ2) is 5.67. The van der Waals surface area contributed by atoms with E-state index in [9.17, 15) is 0 Å². The van der Waals surface area contributed by atoms with Crippen molar-refractivity contribution in [2.45, 2.75) is 33.4 Å². The zero-order valence-corrected chi connectivity index (χ0v) is 11.2. The van der Waals surface area contributed by atoms with Gasteiger partial charge in [-0.1, -0.05) is 19.9 Å². The second-order valence-electron chi connectivity index (χ2n) is 4.95. The zero-order chi connectivity index (χ0) is 13.0. The van der Waals surface area contributed by atoms with Crippen LogP contribution < -0.4 is 5.32 Å². The van der Waals surface area contributed by atoms with Crippen LogP contribution in [0.1, 0.15) is 32.4 Å². The topological polar surface area (TPSA) is 42.7 Å². The Morgan fingerprint density at radius 3 is 2.78 bits per heavy atom. The summed E-state index contributed by atoms with van der Waals surface area (Å²) in [4.78, 5) is 8.50. The van der Waals surface area contributed by atoms with Crippen molar-refractivity contribution in [2.24, 2.45) is 5.92 Å². The van der Waals surface area contributed by atoms with E-state index in [-0.39, 0.29) is 6.04 Å². The molecule has 0 spiro atoms. The van der Waals surface area contributed by atoms with Crippen molar-refractivity contribution in [1.29, 1.82) is 0 Å². The molecule has 96 valence electrons. The van der Waals surface area contributed by atoms with Crippen molar-refractivity contribution in [3.05, 3.63) is 42.5 Å². The summed E-state index contributed by atoms with van der Waals surface area (Å²) in [5.74, 6) is 1.52. The van der Waals surface area contributed by atoms with E-state index in [0.717, 1.165) is 18.1 Å². The number of anilines is 1. The molecule has 0 saturated carbocycles. The minimum absolute atomic E-state index is 0.201. The molecule has 0 aromatic carbocycles. The Kier molecular flexibility index (Phi) is 3.97. The fraction of sp³-hybridized carbons (Fsp3) is 0.429. The van der Waals surface area contributed by atoms with Gasteiger partial charge in [0.1, 0.15) is 0 Å². The maximum absolute atomic E-state index is 4.37. The van der Waals surface area contributed by atoms with Gasteiger partial charge in [0.05, 0.1) is 6.04 Å². The largest absolute Gasteiger partial charge is 0.349 e. The maximum atomic E-state index is 4.37. The van der Waals surface area contributed by atoms with Crippen LogP contribution in [0.15, 0.2) is 36.9 Å². The van der Waals surface area contributed by atoms with E-state index in [0.29, 0.717) is 5.92 Å². The summed E-state index contributed by atoms with van der Waals surface area (Å²) in [6.45, 7) is 7.50. The van der Waals surface area contributed by atoms with Gasteiger partial charge in [-0.2, -0.15) is 0 Å². The van der Waals surface area contributed by atoms with Crippen molar-refractivity contribution in [2.75, 3.05) is 5.32 Å². The number of hydrogen-bond donors (Lipinski definition) is 1. The fourth-order valence-corrected chi connectivity index (χ4v) is 1.90. The van der Waals surface area contributed by atoms with Crippen LogP contribution in [0.25, 0.3) is 0 Å². The van der Waals surface area contributed by atoms with Crippen molar-refractivity contribution >= 4 is 5.95 Å². The Labute approximate surface area is 108 Å². The van der Waals surface area contributed by atoms with E-state index in [1.807, 2.05) is 24.7 Å². The molecular formula is C14H20N4. The molecule has 0 radical (unpaired) electrons. The van der Waals surface area contributed by atoms with Gasteiger partial charge >= 0.3 is 0 Å². The molecule has 1 atom stereocenters. The van der Waals surface area contributed by atoms with E-state index in [1.165, 1.54) is 0 Å². The van der Waals surface area contributed by atoms with Gasteiger partial charge in [0.25, 0.3) is 0 Å². The minimum Gasteiger partial charge on any atom is -0.349 e. The molecule has 18 heavy (non-hydrogen) atoms. The number of aromatic nitrogens is 3. The first-order valence-electron chi connectivity index (χ1n) is 6.34. The maximum Gasteiger partial charge on any atom is 0.203 e. The molecule has 0 aliphatic rings. The molecule has 4 heteroatoms. The first kappa shape index (κ1) is 12.6. The van der Waals surface area contributed by atoms with E-state index in [1.54, 1.807) is 6.20 Å². The lowest BCUT2D eigenvalue weighted by atomic mass is 10.1. The third kappa shape index (κ3) is 3.09. The van der Waals surface area contributed by atoms with Crippen LogP contribution >= 0.6 is 0 Å². The van der Waals surface area contributed by atoms with Gasteiger partial charge in [0, 0.05) is 31.3 Å². The van der Waals surface area contributed by atoms with Gasteiger partial charge in [0.15, 0.2) is 0 Å². The molecule has 0 fully saturated rings. The monoisotopic (exact) mass is 244 g/mol. The normalized spacial score (nSPS) is 12.7. The molecule has 0 saturated heterocycles. The Hall–Kier alpha value is -1.84. The van der Waals surface area contributed by atoms with Crippen molar-refractivity contribution in [3.8, 4) is 0 Å². The predicted molar refractivity (Wildman–Crippen MR) is 73.3 cm³/mol. The zero-order valence-electron chi connectivity index (χ0n) is 11.2. The molecule has 1 unspecified atom stereocenters. The Balaban J connectivity index is 2.08. The number of pyridine rings is 1. The molecule has 4 nitrogen and oxygen atoms in total. The van der Waals surface area contributed by atoms with Crippen LogP contribution in [0, 0.1) is 5.92 Å².